The summed E-state index contributed by atoms with van der Waals surface area (Å²) in [5, 5.41) is 50.9. The summed E-state index contributed by atoms with van der Waals surface area (Å²) in [6.45, 7) is 4.78. The summed E-state index contributed by atoms with van der Waals surface area (Å²) in [6, 6.07) is 73.0. The Labute approximate surface area is 524 Å². The molecule has 3 aliphatic heterocycles. The SMILES string of the molecule is CCCCCCC(C(=O)O)(C(CC)(CC)C(=O)O)S(=O)(=O)O.c1ccc(N2N=C(c3cccs3)NN2c2ccccc2)cc1.c1ccc(N2N=C(c3cccs3)NN2c2ccccc2)cc1.c1ccc(N2N=C(c3cccs3)NN2c2ccccc2)cc1. The lowest BCUT2D eigenvalue weighted by molar-refractivity contribution is -0.161. The van der Waals surface area contributed by atoms with Crippen molar-refractivity contribution in [2.75, 3.05) is 30.7 Å². The summed E-state index contributed by atoms with van der Waals surface area (Å²) in [4.78, 5) is 26.9. The molecule has 0 spiro atoms. The number of hydrogen-bond donors (Lipinski definition) is 6. The monoisotopic (exact) mass is 1260 g/mol. The Morgan fingerprint density at radius 2 is 0.716 bits per heavy atom. The van der Waals surface area contributed by atoms with E-state index >= 15 is 0 Å². The van der Waals surface area contributed by atoms with Crippen LogP contribution in [0, 0.1) is 5.41 Å². The molecule has 9 aromatic rings. The predicted molar refractivity (Wildman–Crippen MR) is 357 cm³/mol. The maximum atomic E-state index is 11.9. The van der Waals surface area contributed by atoms with Gasteiger partial charge in [-0.05, 0) is 126 Å². The minimum absolute atomic E-state index is 0.210. The van der Waals surface area contributed by atoms with Crippen molar-refractivity contribution in [3.63, 3.8) is 0 Å². The molecule has 0 aliphatic carbocycles. The Bertz CT molecular complexity index is 3490. The lowest BCUT2D eigenvalue weighted by atomic mass is 9.68. The molecule has 12 rings (SSSR count). The average Bonchev–Trinajstić information content (AvgIpc) is 1.13. The van der Waals surface area contributed by atoms with E-state index in [0.717, 1.165) is 79.1 Å². The van der Waals surface area contributed by atoms with Crippen LogP contribution in [0.4, 0.5) is 34.1 Å². The highest BCUT2D eigenvalue weighted by molar-refractivity contribution is 7.88. The van der Waals surface area contributed by atoms with Crippen LogP contribution >= 0.6 is 34.0 Å². The van der Waals surface area contributed by atoms with Gasteiger partial charge in [0.1, 0.15) is 0 Å². The van der Waals surface area contributed by atoms with Gasteiger partial charge in [0, 0.05) is 0 Å². The van der Waals surface area contributed by atoms with Crippen molar-refractivity contribution in [3.8, 4) is 0 Å². The van der Waals surface area contributed by atoms with Crippen LogP contribution in [0.3, 0.4) is 0 Å². The van der Waals surface area contributed by atoms with Crippen LogP contribution in [-0.4, -0.2) is 57.4 Å². The molecule has 3 aliphatic rings. The number of hydrazone groups is 3. The number of unbranched alkanes of at least 4 members (excludes halogenated alkanes) is 3. The molecule has 0 saturated heterocycles. The maximum absolute atomic E-state index is 11.9. The molecule has 0 amide bonds. The van der Waals surface area contributed by atoms with Gasteiger partial charge in [-0.15, -0.1) is 49.3 Å². The number of aliphatic carboxylic acids is 2. The van der Waals surface area contributed by atoms with Crippen LogP contribution in [0.15, 0.2) is 250 Å². The minimum atomic E-state index is -5.12. The third-order valence-electron chi connectivity index (χ3n) is 14.6. The number of rotatable bonds is 20. The summed E-state index contributed by atoms with van der Waals surface area (Å²) in [5.74, 6) is -0.779. The van der Waals surface area contributed by atoms with Crippen LogP contribution in [-0.2, 0) is 19.7 Å². The fourth-order valence-electron chi connectivity index (χ4n) is 10.0. The molecule has 23 heteroatoms. The zero-order valence-corrected chi connectivity index (χ0v) is 51.9. The second-order valence-corrected chi connectivity index (χ2v) is 24.4. The molecule has 88 heavy (non-hydrogen) atoms. The fraction of sp³-hybridized carbons (Fsp3) is 0.185. The molecule has 454 valence electrons. The number of hydrazine groups is 6. The predicted octanol–water partition coefficient (Wildman–Crippen LogP) is 14.1. The molecule has 1 unspecified atom stereocenters. The number of carboxylic acids is 2. The average molecular weight is 1260 g/mol. The van der Waals surface area contributed by atoms with E-state index in [2.05, 4.69) is 87.0 Å². The highest BCUT2D eigenvalue weighted by atomic mass is 32.2. The van der Waals surface area contributed by atoms with Gasteiger partial charge >= 0.3 is 11.9 Å². The van der Waals surface area contributed by atoms with Gasteiger partial charge in [-0.2, -0.15) is 39.1 Å². The number of para-hydroxylation sites is 6. The van der Waals surface area contributed by atoms with E-state index in [4.69, 9.17) is 15.3 Å². The standard InChI is InChI=1S/3C17H14N4S.C14H26O7S/c3*1-3-8-14(9-4-1)20-18-17(16-12-7-13-22-16)19-21(20)15-10-5-2-6-11-15;1-4-7-8-9-10-14(12(17)18,22(19,20)21)13(5-2,6-3)11(15)16/h3*1-13H,(H,18,19);4-10H2,1-3H3,(H,15,16)(H,17,18)(H,19,20,21). The second-order valence-electron chi connectivity index (χ2n) is 19.9. The van der Waals surface area contributed by atoms with E-state index in [0.29, 0.717) is 6.42 Å². The Kier molecular flexibility index (Phi) is 21.3. The lowest BCUT2D eigenvalue weighted by Crippen LogP contribution is -2.62. The molecular weight excluding hydrogens is 1190 g/mol. The molecule has 0 fully saturated rings. The molecule has 0 radical (unpaired) electrons. The molecule has 6 aromatic carbocycles. The molecule has 3 aromatic heterocycles. The van der Waals surface area contributed by atoms with E-state index in [1.165, 1.54) is 13.8 Å². The molecule has 1 atom stereocenters. The van der Waals surface area contributed by atoms with Crippen LogP contribution in [0.5, 0.6) is 0 Å². The number of nitrogens with one attached hydrogen (secondary N) is 3. The van der Waals surface area contributed by atoms with E-state index in [-0.39, 0.29) is 19.3 Å². The molecule has 6 heterocycles. The Morgan fingerprint density at radius 3 is 0.943 bits per heavy atom. The third-order valence-corrected chi connectivity index (χ3v) is 18.9. The Balaban J connectivity index is 0.000000140. The zero-order chi connectivity index (χ0) is 61.9. The smallest absolute Gasteiger partial charge is 0.328 e. The van der Waals surface area contributed by atoms with Gasteiger partial charge in [0.25, 0.3) is 10.1 Å². The van der Waals surface area contributed by atoms with Crippen LogP contribution < -0.4 is 47.0 Å². The molecule has 0 saturated carbocycles. The lowest BCUT2D eigenvalue weighted by Gasteiger charge is -2.41. The number of amidine groups is 3. The zero-order valence-electron chi connectivity index (χ0n) is 48.6. The van der Waals surface area contributed by atoms with Gasteiger partial charge in [-0.1, -0.05) is 174 Å². The molecule has 0 bridgehead atoms. The number of thiophene rings is 3. The van der Waals surface area contributed by atoms with Crippen LogP contribution in [0.1, 0.15) is 80.3 Å². The number of hydrogen-bond acceptors (Lipinski definition) is 19. The quantitative estimate of drug-likeness (QED) is 0.0308. The van der Waals surface area contributed by atoms with Gasteiger partial charge in [0.2, 0.25) is 4.75 Å². The van der Waals surface area contributed by atoms with Gasteiger partial charge < -0.3 is 10.2 Å². The Morgan fingerprint density at radius 1 is 0.420 bits per heavy atom. The summed E-state index contributed by atoms with van der Waals surface area (Å²) < 4.78 is 30.8. The summed E-state index contributed by atoms with van der Waals surface area (Å²) in [7, 11) is -5.12. The summed E-state index contributed by atoms with van der Waals surface area (Å²) in [5.41, 5.74) is 14.2. The van der Waals surface area contributed by atoms with Gasteiger partial charge in [-0.3, -0.25) is 30.4 Å². The number of benzene rings is 6. The van der Waals surface area contributed by atoms with Crippen LogP contribution in [0.2, 0.25) is 0 Å². The summed E-state index contributed by atoms with van der Waals surface area (Å²) in [6.07, 6.45) is 1.59. The molecule has 19 nitrogen and oxygen atoms in total. The first-order chi connectivity index (χ1) is 42.8. The maximum Gasteiger partial charge on any atom is 0.328 e. The fourth-order valence-corrected chi connectivity index (χ4v) is 13.5. The minimum Gasteiger partial charge on any atom is -0.481 e. The highest BCUT2D eigenvalue weighted by Gasteiger charge is 2.67. The van der Waals surface area contributed by atoms with E-state index < -0.39 is 38.6 Å². The molecule has 6 N–H and O–H groups in total. The van der Waals surface area contributed by atoms with Crippen molar-refractivity contribution in [1.29, 1.82) is 0 Å². The normalized spacial score (nSPS) is 14.2. The largest absolute Gasteiger partial charge is 0.481 e. The van der Waals surface area contributed by atoms with Crippen molar-refractivity contribution in [2.24, 2.45) is 20.7 Å². The Hall–Kier alpha value is -9.52. The van der Waals surface area contributed by atoms with Crippen molar-refractivity contribution in [2.45, 2.75) is 70.5 Å². The van der Waals surface area contributed by atoms with Crippen LogP contribution in [0.25, 0.3) is 0 Å². The van der Waals surface area contributed by atoms with E-state index in [1.807, 2.05) is 201 Å². The highest BCUT2D eigenvalue weighted by Crippen LogP contribution is 2.47. The first-order valence-electron chi connectivity index (χ1n) is 28.5. The van der Waals surface area contributed by atoms with Crippen molar-refractivity contribution in [1.82, 2.24) is 16.3 Å². The first-order valence-corrected chi connectivity index (χ1v) is 32.6. The number of nitrogens with zero attached hydrogens (tertiary/aromatic N) is 9. The number of anilines is 6. The first kappa shape index (κ1) is 63.0. The van der Waals surface area contributed by atoms with E-state index in [9.17, 15) is 32.8 Å². The van der Waals surface area contributed by atoms with Gasteiger partial charge in [0.05, 0.1) is 54.2 Å². The summed E-state index contributed by atoms with van der Waals surface area (Å²) >= 11 is 5.00. The van der Waals surface area contributed by atoms with Crippen molar-refractivity contribution < 1.29 is 32.8 Å². The van der Waals surface area contributed by atoms with E-state index in [1.54, 1.807) is 34.0 Å². The number of carbonyl (C=O) groups is 2. The number of carboxylic acid groups (broad SMARTS) is 2. The molecular formula is C65H68N12O7S4. The van der Waals surface area contributed by atoms with Gasteiger partial charge in [0.15, 0.2) is 17.5 Å². The van der Waals surface area contributed by atoms with Gasteiger partial charge in [-0.25, -0.2) is 0 Å². The topological polar surface area (TPSA) is 222 Å². The third kappa shape index (κ3) is 14.3. The second kappa shape index (κ2) is 29.7. The van der Waals surface area contributed by atoms with Crippen molar-refractivity contribution in [3.05, 3.63) is 249 Å². The van der Waals surface area contributed by atoms with Crippen molar-refractivity contribution >= 4 is 108 Å².